The molecule has 0 saturated heterocycles. The van der Waals surface area contributed by atoms with Crippen LogP contribution in [-0.4, -0.2) is 27.0 Å². The molecule has 0 radical (unpaired) electrons. The summed E-state index contributed by atoms with van der Waals surface area (Å²) in [6.45, 7) is 0.0772. The first kappa shape index (κ1) is 13.4. The average Bonchev–Trinajstić information content (AvgIpc) is 2.11. The molecular formula is C9H10BrF2NO2S. The van der Waals surface area contributed by atoms with Crippen LogP contribution in [0.4, 0.5) is 14.5 Å². The molecule has 0 spiro atoms. The van der Waals surface area contributed by atoms with Gasteiger partial charge in [0.05, 0.1) is 15.9 Å². The van der Waals surface area contributed by atoms with Crippen LogP contribution in [-0.2, 0) is 9.84 Å². The molecule has 0 atom stereocenters. The lowest BCUT2D eigenvalue weighted by Gasteiger charge is -2.07. The van der Waals surface area contributed by atoms with E-state index in [2.05, 4.69) is 21.2 Å². The molecular weight excluding hydrogens is 304 g/mol. The van der Waals surface area contributed by atoms with Gasteiger partial charge in [0.1, 0.15) is 21.5 Å². The van der Waals surface area contributed by atoms with Gasteiger partial charge in [-0.1, -0.05) is 0 Å². The van der Waals surface area contributed by atoms with Crippen LogP contribution in [0, 0.1) is 11.6 Å². The molecule has 90 valence electrons. The molecule has 1 aromatic carbocycles. The summed E-state index contributed by atoms with van der Waals surface area (Å²) >= 11 is 2.91. The average molecular weight is 314 g/mol. The largest absolute Gasteiger partial charge is 0.382 e. The molecule has 0 aromatic heterocycles. The van der Waals surface area contributed by atoms with Crippen molar-refractivity contribution in [1.82, 2.24) is 0 Å². The minimum absolute atomic E-state index is 0.0666. The van der Waals surface area contributed by atoms with Crippen LogP contribution in [0.25, 0.3) is 0 Å². The van der Waals surface area contributed by atoms with E-state index in [9.17, 15) is 17.2 Å². The van der Waals surface area contributed by atoms with Crippen molar-refractivity contribution < 1.29 is 17.2 Å². The lowest BCUT2D eigenvalue weighted by molar-refractivity contribution is 0.580. The van der Waals surface area contributed by atoms with Crippen molar-refractivity contribution in [2.75, 3.05) is 23.9 Å². The van der Waals surface area contributed by atoms with Crippen LogP contribution in [0.15, 0.2) is 16.6 Å². The fraction of sp³-hybridized carbons (Fsp3) is 0.333. The van der Waals surface area contributed by atoms with Crippen LogP contribution in [0.3, 0.4) is 0 Å². The minimum Gasteiger partial charge on any atom is -0.382 e. The van der Waals surface area contributed by atoms with E-state index in [1.807, 2.05) is 0 Å². The van der Waals surface area contributed by atoms with Gasteiger partial charge < -0.3 is 5.32 Å². The maximum absolute atomic E-state index is 13.2. The SMILES string of the molecule is CS(=O)(=O)CCNc1cc(Br)c(F)cc1F. The van der Waals surface area contributed by atoms with Gasteiger partial charge in [-0.3, -0.25) is 0 Å². The van der Waals surface area contributed by atoms with E-state index in [0.717, 1.165) is 12.3 Å². The zero-order valence-corrected chi connectivity index (χ0v) is 10.8. The van der Waals surface area contributed by atoms with Crippen LogP contribution in [0.2, 0.25) is 0 Å². The van der Waals surface area contributed by atoms with Crippen LogP contribution in [0.1, 0.15) is 0 Å². The van der Waals surface area contributed by atoms with E-state index in [0.29, 0.717) is 0 Å². The fourth-order valence-electron chi connectivity index (χ4n) is 1.03. The number of nitrogens with one attached hydrogen (secondary N) is 1. The number of sulfone groups is 1. The molecule has 0 saturated carbocycles. The number of halogens is 3. The van der Waals surface area contributed by atoms with E-state index in [4.69, 9.17) is 0 Å². The van der Waals surface area contributed by atoms with Gasteiger partial charge in [0.25, 0.3) is 0 Å². The summed E-state index contributed by atoms with van der Waals surface area (Å²) in [5.41, 5.74) is 0.0666. The third-order valence-electron chi connectivity index (χ3n) is 1.80. The maximum Gasteiger partial charge on any atom is 0.149 e. The Balaban J connectivity index is 2.71. The molecule has 1 aromatic rings. The van der Waals surface area contributed by atoms with E-state index >= 15 is 0 Å². The van der Waals surface area contributed by atoms with Crippen molar-refractivity contribution in [3.05, 3.63) is 28.2 Å². The van der Waals surface area contributed by atoms with Crippen molar-refractivity contribution in [2.24, 2.45) is 0 Å². The molecule has 1 rings (SSSR count). The Morgan fingerprint density at radius 1 is 1.31 bits per heavy atom. The van der Waals surface area contributed by atoms with E-state index in [1.54, 1.807) is 0 Å². The smallest absolute Gasteiger partial charge is 0.149 e. The molecule has 0 bridgehead atoms. The Labute approximate surface area is 101 Å². The summed E-state index contributed by atoms with van der Waals surface area (Å²) in [6.07, 6.45) is 1.09. The predicted octanol–water partition coefficient (Wildman–Crippen LogP) is 2.18. The highest BCUT2D eigenvalue weighted by Crippen LogP contribution is 2.23. The molecule has 0 heterocycles. The van der Waals surface area contributed by atoms with Gasteiger partial charge in [-0.15, -0.1) is 0 Å². The molecule has 0 fully saturated rings. The summed E-state index contributed by atoms with van der Waals surface area (Å²) in [5, 5.41) is 2.59. The second kappa shape index (κ2) is 5.09. The summed E-state index contributed by atoms with van der Waals surface area (Å²) in [4.78, 5) is 0. The number of benzene rings is 1. The first-order chi connectivity index (χ1) is 7.29. The number of rotatable bonds is 4. The van der Waals surface area contributed by atoms with Crippen molar-refractivity contribution in [3.63, 3.8) is 0 Å². The Bertz CT molecular complexity index is 491. The van der Waals surface area contributed by atoms with Gasteiger partial charge in [0, 0.05) is 18.9 Å². The normalized spacial score (nSPS) is 11.5. The van der Waals surface area contributed by atoms with Crippen molar-refractivity contribution in [3.8, 4) is 0 Å². The minimum atomic E-state index is -3.10. The van der Waals surface area contributed by atoms with Gasteiger partial charge in [0.2, 0.25) is 0 Å². The molecule has 0 unspecified atom stereocenters. The number of hydrogen-bond donors (Lipinski definition) is 1. The summed E-state index contributed by atoms with van der Waals surface area (Å²) in [5.74, 6) is -1.57. The highest BCUT2D eigenvalue weighted by molar-refractivity contribution is 9.10. The molecule has 0 aliphatic rings. The second-order valence-electron chi connectivity index (χ2n) is 3.30. The maximum atomic E-state index is 13.2. The van der Waals surface area contributed by atoms with Crippen molar-refractivity contribution in [2.45, 2.75) is 0 Å². The Morgan fingerprint density at radius 3 is 2.50 bits per heavy atom. The topological polar surface area (TPSA) is 46.2 Å². The standard InChI is InChI=1S/C9H10BrF2NO2S/c1-16(14,15)3-2-13-9-4-6(10)7(11)5-8(9)12/h4-5,13H,2-3H2,1H3. The Kier molecular flexibility index (Phi) is 4.26. The van der Waals surface area contributed by atoms with Crippen LogP contribution >= 0.6 is 15.9 Å². The van der Waals surface area contributed by atoms with Crippen LogP contribution in [0.5, 0.6) is 0 Å². The molecule has 0 aliphatic carbocycles. The van der Waals surface area contributed by atoms with E-state index in [-0.39, 0.29) is 22.5 Å². The van der Waals surface area contributed by atoms with Gasteiger partial charge in [-0.05, 0) is 22.0 Å². The Hall–Kier alpha value is -0.690. The second-order valence-corrected chi connectivity index (χ2v) is 6.42. The third-order valence-corrected chi connectivity index (χ3v) is 3.35. The molecule has 0 aliphatic heterocycles. The molecule has 1 N–H and O–H groups in total. The third kappa shape index (κ3) is 4.05. The highest BCUT2D eigenvalue weighted by Gasteiger charge is 2.08. The quantitative estimate of drug-likeness (QED) is 0.867. The van der Waals surface area contributed by atoms with E-state index < -0.39 is 21.5 Å². The highest BCUT2D eigenvalue weighted by atomic mass is 79.9. The van der Waals surface area contributed by atoms with Gasteiger partial charge in [-0.25, -0.2) is 17.2 Å². The zero-order chi connectivity index (χ0) is 12.3. The van der Waals surface area contributed by atoms with Gasteiger partial charge >= 0.3 is 0 Å². The zero-order valence-electron chi connectivity index (χ0n) is 8.43. The number of anilines is 1. The summed E-state index contributed by atoms with van der Waals surface area (Å²) in [6, 6.07) is 1.96. The lowest BCUT2D eigenvalue weighted by Crippen LogP contribution is -2.14. The monoisotopic (exact) mass is 313 g/mol. The molecule has 7 heteroatoms. The molecule has 16 heavy (non-hydrogen) atoms. The predicted molar refractivity (Wildman–Crippen MR) is 62.3 cm³/mol. The summed E-state index contributed by atoms with van der Waals surface area (Å²) in [7, 11) is -3.10. The van der Waals surface area contributed by atoms with Crippen molar-refractivity contribution >= 4 is 31.5 Å². The fourth-order valence-corrected chi connectivity index (χ4v) is 1.85. The first-order valence-electron chi connectivity index (χ1n) is 4.36. The van der Waals surface area contributed by atoms with Crippen molar-refractivity contribution in [1.29, 1.82) is 0 Å². The van der Waals surface area contributed by atoms with E-state index in [1.165, 1.54) is 6.07 Å². The Morgan fingerprint density at radius 2 is 1.94 bits per heavy atom. The summed E-state index contributed by atoms with van der Waals surface area (Å²) < 4.78 is 47.8. The lowest BCUT2D eigenvalue weighted by atomic mass is 10.3. The number of hydrogen-bond acceptors (Lipinski definition) is 3. The molecule has 3 nitrogen and oxygen atoms in total. The van der Waals surface area contributed by atoms with Gasteiger partial charge in [-0.2, -0.15) is 0 Å². The van der Waals surface area contributed by atoms with Crippen LogP contribution < -0.4 is 5.32 Å². The first-order valence-corrected chi connectivity index (χ1v) is 7.21. The molecule has 0 amide bonds. The van der Waals surface area contributed by atoms with Gasteiger partial charge in [0.15, 0.2) is 0 Å².